The molecule has 4 rings (SSSR count). The minimum absolute atomic E-state index is 0.474. The zero-order chi connectivity index (χ0) is 9.10. The SMILES string of the molecule is Brc1ccc(C23CC(I)(C2)C3)nc1. The fourth-order valence-electron chi connectivity index (χ4n) is 2.63. The summed E-state index contributed by atoms with van der Waals surface area (Å²) >= 11 is 6.01. The minimum atomic E-state index is 0.474. The number of alkyl halides is 1. The quantitative estimate of drug-likeness (QED) is 0.559. The second kappa shape index (κ2) is 2.48. The van der Waals surface area contributed by atoms with Gasteiger partial charge in [0.1, 0.15) is 0 Å². The van der Waals surface area contributed by atoms with Crippen LogP contribution in [0, 0.1) is 0 Å². The first-order valence-electron chi connectivity index (χ1n) is 4.43. The average molecular weight is 350 g/mol. The van der Waals surface area contributed by atoms with E-state index in [1.807, 2.05) is 6.20 Å². The molecule has 0 aromatic carbocycles. The molecule has 0 amide bonds. The summed E-state index contributed by atoms with van der Waals surface area (Å²) in [5, 5.41) is 0. The molecule has 13 heavy (non-hydrogen) atoms. The molecule has 3 heteroatoms. The van der Waals surface area contributed by atoms with Crippen LogP contribution in [0.5, 0.6) is 0 Å². The number of halogens is 2. The normalized spacial score (nSPS) is 40.8. The summed E-state index contributed by atoms with van der Waals surface area (Å²) in [5.41, 5.74) is 1.77. The summed E-state index contributed by atoms with van der Waals surface area (Å²) in [6.07, 6.45) is 5.94. The third-order valence-electron chi connectivity index (χ3n) is 3.24. The number of pyridine rings is 1. The Balaban J connectivity index is 1.91. The summed E-state index contributed by atoms with van der Waals surface area (Å²) in [6.45, 7) is 0. The van der Waals surface area contributed by atoms with Crippen molar-refractivity contribution in [1.82, 2.24) is 4.98 Å². The molecule has 0 saturated heterocycles. The molecule has 0 N–H and O–H groups in total. The first kappa shape index (κ1) is 8.65. The Morgan fingerprint density at radius 3 is 2.46 bits per heavy atom. The highest BCUT2D eigenvalue weighted by molar-refractivity contribution is 14.1. The molecule has 1 aromatic rings. The van der Waals surface area contributed by atoms with Crippen molar-refractivity contribution in [3.05, 3.63) is 28.5 Å². The van der Waals surface area contributed by atoms with E-state index < -0.39 is 0 Å². The molecule has 3 aliphatic rings. The van der Waals surface area contributed by atoms with Crippen LogP contribution in [0.2, 0.25) is 0 Å². The van der Waals surface area contributed by atoms with Gasteiger partial charge in [0.05, 0.1) is 0 Å². The monoisotopic (exact) mass is 349 g/mol. The Morgan fingerprint density at radius 2 is 2.00 bits per heavy atom. The highest BCUT2D eigenvalue weighted by Crippen LogP contribution is 2.71. The molecule has 3 saturated carbocycles. The van der Waals surface area contributed by atoms with E-state index in [4.69, 9.17) is 0 Å². The summed E-state index contributed by atoms with van der Waals surface area (Å²) < 4.78 is 1.72. The van der Waals surface area contributed by atoms with Crippen LogP contribution in [0.4, 0.5) is 0 Å². The van der Waals surface area contributed by atoms with Crippen molar-refractivity contribution < 1.29 is 0 Å². The summed E-state index contributed by atoms with van der Waals surface area (Å²) in [6, 6.07) is 4.27. The van der Waals surface area contributed by atoms with Crippen LogP contribution < -0.4 is 0 Å². The highest BCUT2D eigenvalue weighted by Gasteiger charge is 2.67. The van der Waals surface area contributed by atoms with Gasteiger partial charge < -0.3 is 0 Å². The second-order valence-electron chi connectivity index (χ2n) is 4.32. The van der Waals surface area contributed by atoms with Gasteiger partial charge in [-0.25, -0.2) is 0 Å². The van der Waals surface area contributed by atoms with Crippen molar-refractivity contribution in [2.75, 3.05) is 0 Å². The standard InChI is InChI=1S/C10H9BrIN/c11-7-1-2-8(13-3-7)9-4-10(12,5-9)6-9/h1-3H,4-6H2. The third kappa shape index (κ3) is 1.12. The van der Waals surface area contributed by atoms with Crippen molar-refractivity contribution in [1.29, 1.82) is 0 Å². The van der Waals surface area contributed by atoms with Crippen LogP contribution in [0.25, 0.3) is 0 Å². The molecule has 0 spiro atoms. The zero-order valence-corrected chi connectivity index (χ0v) is 10.8. The van der Waals surface area contributed by atoms with E-state index in [-0.39, 0.29) is 0 Å². The van der Waals surface area contributed by atoms with E-state index in [1.54, 1.807) is 0 Å². The zero-order valence-electron chi connectivity index (χ0n) is 7.06. The molecule has 0 aliphatic heterocycles. The lowest BCUT2D eigenvalue weighted by Crippen LogP contribution is -2.66. The van der Waals surface area contributed by atoms with E-state index in [0.717, 1.165) is 4.47 Å². The molecule has 2 bridgehead atoms. The number of nitrogens with zero attached hydrogens (tertiary/aromatic N) is 1. The van der Waals surface area contributed by atoms with E-state index >= 15 is 0 Å². The highest BCUT2D eigenvalue weighted by atomic mass is 127. The number of aromatic nitrogens is 1. The number of hydrogen-bond donors (Lipinski definition) is 0. The van der Waals surface area contributed by atoms with Crippen LogP contribution >= 0.6 is 38.5 Å². The Labute approximate surface area is 99.6 Å². The van der Waals surface area contributed by atoms with E-state index in [2.05, 4.69) is 55.6 Å². The Kier molecular flexibility index (Phi) is 1.65. The topological polar surface area (TPSA) is 12.9 Å². The fraction of sp³-hybridized carbons (Fsp3) is 0.500. The van der Waals surface area contributed by atoms with Gasteiger partial charge in [-0.2, -0.15) is 0 Å². The van der Waals surface area contributed by atoms with Crippen molar-refractivity contribution in [3.8, 4) is 0 Å². The maximum atomic E-state index is 4.49. The first-order valence-corrected chi connectivity index (χ1v) is 6.30. The molecule has 0 unspecified atom stereocenters. The van der Waals surface area contributed by atoms with Gasteiger partial charge >= 0.3 is 0 Å². The molecule has 1 heterocycles. The lowest BCUT2D eigenvalue weighted by molar-refractivity contribution is 0.0180. The van der Waals surface area contributed by atoms with Crippen LogP contribution in [0.15, 0.2) is 22.8 Å². The van der Waals surface area contributed by atoms with Gasteiger partial charge in [-0.15, -0.1) is 0 Å². The van der Waals surface area contributed by atoms with Crippen LogP contribution in [0.1, 0.15) is 25.0 Å². The Bertz CT molecular complexity index is 340. The van der Waals surface area contributed by atoms with Gasteiger partial charge in [-0.3, -0.25) is 4.98 Å². The average Bonchev–Trinajstić information content (AvgIpc) is 1.99. The van der Waals surface area contributed by atoms with Crippen LogP contribution in [-0.4, -0.2) is 8.41 Å². The molecule has 0 radical (unpaired) electrons. The molecule has 0 atom stereocenters. The van der Waals surface area contributed by atoms with E-state index in [9.17, 15) is 0 Å². The molecular weight excluding hydrogens is 341 g/mol. The molecule has 3 aliphatic carbocycles. The van der Waals surface area contributed by atoms with Gasteiger partial charge in [0.15, 0.2) is 0 Å². The van der Waals surface area contributed by atoms with E-state index in [1.165, 1.54) is 25.0 Å². The van der Waals surface area contributed by atoms with E-state index in [0.29, 0.717) is 8.84 Å². The van der Waals surface area contributed by atoms with Crippen molar-refractivity contribution in [2.45, 2.75) is 28.1 Å². The lowest BCUT2D eigenvalue weighted by Gasteiger charge is -2.67. The van der Waals surface area contributed by atoms with Crippen molar-refractivity contribution in [3.63, 3.8) is 0 Å². The largest absolute Gasteiger partial charge is 0.260 e. The maximum Gasteiger partial charge on any atom is 0.0467 e. The van der Waals surface area contributed by atoms with Gasteiger partial charge in [-0.05, 0) is 47.3 Å². The fourth-order valence-corrected chi connectivity index (χ4v) is 5.05. The molecular formula is C10H9BrIN. The maximum absolute atomic E-state index is 4.49. The van der Waals surface area contributed by atoms with Crippen molar-refractivity contribution in [2.24, 2.45) is 0 Å². The van der Waals surface area contributed by atoms with Crippen LogP contribution in [0.3, 0.4) is 0 Å². The minimum Gasteiger partial charge on any atom is -0.260 e. The predicted octanol–water partition coefficient (Wildman–Crippen LogP) is 3.45. The van der Waals surface area contributed by atoms with Gasteiger partial charge in [0.2, 0.25) is 0 Å². The van der Waals surface area contributed by atoms with Crippen molar-refractivity contribution >= 4 is 38.5 Å². The number of hydrogen-bond acceptors (Lipinski definition) is 1. The first-order chi connectivity index (χ1) is 6.12. The molecule has 3 fully saturated rings. The van der Waals surface area contributed by atoms with Gasteiger partial charge in [0.25, 0.3) is 0 Å². The number of rotatable bonds is 1. The molecule has 1 aromatic heterocycles. The predicted molar refractivity (Wildman–Crippen MR) is 64.2 cm³/mol. The second-order valence-corrected chi connectivity index (χ2v) is 7.53. The Hall–Kier alpha value is 0.360. The smallest absolute Gasteiger partial charge is 0.0467 e. The van der Waals surface area contributed by atoms with Gasteiger partial charge in [-0.1, -0.05) is 22.6 Å². The Morgan fingerprint density at radius 1 is 1.31 bits per heavy atom. The molecule has 68 valence electrons. The third-order valence-corrected chi connectivity index (χ3v) is 4.85. The van der Waals surface area contributed by atoms with Crippen LogP contribution in [-0.2, 0) is 5.41 Å². The molecule has 1 nitrogen and oxygen atoms in total. The summed E-state index contributed by atoms with van der Waals surface area (Å²) in [5.74, 6) is 0. The lowest BCUT2D eigenvalue weighted by atomic mass is 9.43. The summed E-state index contributed by atoms with van der Waals surface area (Å²) in [7, 11) is 0. The van der Waals surface area contributed by atoms with Gasteiger partial charge in [0, 0.05) is 25.2 Å². The summed E-state index contributed by atoms with van der Waals surface area (Å²) in [4.78, 5) is 4.49.